The van der Waals surface area contributed by atoms with Crippen LogP contribution in [0.3, 0.4) is 0 Å². The number of aliphatic hydroxyl groups is 9. The van der Waals surface area contributed by atoms with Gasteiger partial charge >= 0.3 is 37.7 Å². The summed E-state index contributed by atoms with van der Waals surface area (Å²) in [6.45, 7) is 93.9. The van der Waals surface area contributed by atoms with Gasteiger partial charge in [-0.1, -0.05) is 432 Å². The molecular formula is C100H206Li2O16S2Si. The maximum absolute atomic E-state index is 11.1. The summed E-state index contributed by atoms with van der Waals surface area (Å²) in [4.78, 5) is 0.381. The van der Waals surface area contributed by atoms with Gasteiger partial charge in [-0.3, -0.25) is 8.37 Å². The number of hydrogen-bond acceptors (Lipinski definition) is 16. The average molecular weight is 1770 g/mol. The molecule has 0 aliphatic rings. The maximum Gasteiger partial charge on any atom is 1.00 e. The summed E-state index contributed by atoms with van der Waals surface area (Å²) in [7, 11) is 2.96. The van der Waals surface area contributed by atoms with Crippen molar-refractivity contribution >= 4 is 54.3 Å². The van der Waals surface area contributed by atoms with Crippen LogP contribution in [0.2, 0.25) is 5.04 Å². The zero-order valence-electron chi connectivity index (χ0n) is 88.7. The second-order valence-corrected chi connectivity index (χ2v) is 22.7. The van der Waals surface area contributed by atoms with Crippen LogP contribution in [0.1, 0.15) is 307 Å². The Kier molecular flexibility index (Phi) is 356. The predicted octanol–water partition coefficient (Wildman–Crippen LogP) is 21.5. The molecule has 21 heteroatoms. The molecule has 0 aliphatic heterocycles. The smallest absolute Gasteiger partial charge is 0.426 e. The first-order chi connectivity index (χ1) is 57.8. The number of benzene rings is 6. The van der Waals surface area contributed by atoms with Crippen molar-refractivity contribution in [3.63, 3.8) is 0 Å². The van der Waals surface area contributed by atoms with Gasteiger partial charge in [0.05, 0.1) is 24.0 Å². The van der Waals surface area contributed by atoms with E-state index in [1.807, 2.05) is 363 Å². The largest absolute Gasteiger partial charge is 1.00 e. The summed E-state index contributed by atoms with van der Waals surface area (Å²) < 4.78 is 58.5. The normalized spacial score (nSPS) is 7.28. The van der Waals surface area contributed by atoms with E-state index in [2.05, 4.69) is 80.9 Å². The molecule has 6 aromatic rings. The molecule has 0 radical (unpaired) electrons. The second-order valence-electron chi connectivity index (χ2n) is 16.5. The molecule has 0 bridgehead atoms. The first-order valence-electron chi connectivity index (χ1n) is 42.7. The molecule has 0 heterocycles. The molecule has 0 saturated carbocycles. The SMILES string of the molecule is C=Cc1ccc(C=C)cc1.C=Cc1ccccc1.C=Cc1ccccc1.CC.CC.CC.CC.CC.CC.CC.CC.CC.CC.CC.CC.CC.CC.CC.CC.CO.CO.CO.CO.CO.CO.CO.CO.COS(=O)(=O)c1ccc(C)cc1.COS(=O)(=O)c1ccc(C)cc1.OCCCC[CH-]c1ccccc1.[CH2-]CCO[SiH2]C(C)(C)C.[Li+].[Li+]. The third-order valence-corrected chi connectivity index (χ3v) is 13.1. The van der Waals surface area contributed by atoms with Gasteiger partial charge in [-0.25, -0.2) is 0 Å². The van der Waals surface area contributed by atoms with Crippen molar-refractivity contribution in [1.29, 1.82) is 0 Å². The Bertz CT molecular complexity index is 2410. The van der Waals surface area contributed by atoms with Gasteiger partial charge < -0.3 is 57.3 Å². The topological polar surface area (TPSA) is 278 Å². The molecule has 0 atom stereocenters. The number of unbranched alkanes of at least 4 members (excludes halogenated alkanes) is 2. The van der Waals surface area contributed by atoms with Crippen LogP contribution < -0.4 is 37.7 Å². The maximum atomic E-state index is 11.1. The Labute approximate surface area is 785 Å². The average Bonchev–Trinajstić information content (AvgIpc) is 0.860. The van der Waals surface area contributed by atoms with E-state index in [0.29, 0.717) is 11.6 Å². The van der Waals surface area contributed by atoms with Crippen LogP contribution in [0.25, 0.3) is 24.3 Å². The minimum absolute atomic E-state index is 0. The van der Waals surface area contributed by atoms with Crippen molar-refractivity contribution in [2.75, 3.05) is 84.3 Å². The summed E-state index contributed by atoms with van der Waals surface area (Å²) >= 11 is 0. The van der Waals surface area contributed by atoms with Crippen LogP contribution in [0.4, 0.5) is 0 Å². The monoisotopic (exact) mass is 1770 g/mol. The van der Waals surface area contributed by atoms with Crippen LogP contribution in [0.15, 0.2) is 200 Å². The molecule has 0 spiro atoms. The Morgan fingerprint density at radius 3 is 0.711 bits per heavy atom. The minimum Gasteiger partial charge on any atom is -0.426 e. The van der Waals surface area contributed by atoms with E-state index < -0.39 is 20.2 Å². The van der Waals surface area contributed by atoms with Gasteiger partial charge in [0.2, 0.25) is 0 Å². The van der Waals surface area contributed by atoms with Crippen molar-refractivity contribution in [2.24, 2.45) is 0 Å². The van der Waals surface area contributed by atoms with Crippen molar-refractivity contribution in [3.8, 4) is 0 Å². The molecule has 16 nitrogen and oxygen atoms in total. The predicted molar refractivity (Wildman–Crippen MR) is 552 cm³/mol. The molecule has 0 aromatic heterocycles. The van der Waals surface area contributed by atoms with Crippen molar-refractivity contribution in [2.45, 2.75) is 297 Å². The summed E-state index contributed by atoms with van der Waals surface area (Å²) in [5, 5.41) is 65.0. The molecular weight excluding hydrogens is 1560 g/mol. The third kappa shape index (κ3) is 194. The fourth-order valence-corrected chi connectivity index (χ4v) is 7.43. The number of aliphatic hydroxyl groups excluding tert-OH is 9. The molecule has 6 rings (SSSR count). The molecule has 0 saturated heterocycles. The van der Waals surface area contributed by atoms with Crippen molar-refractivity contribution < 1.29 is 113 Å². The van der Waals surface area contributed by atoms with Crippen LogP contribution in [-0.2, 0) is 33.0 Å². The second kappa shape index (κ2) is 222. The Morgan fingerprint density at radius 1 is 0.347 bits per heavy atom. The van der Waals surface area contributed by atoms with Gasteiger partial charge in [-0.2, -0.15) is 47.4 Å². The first kappa shape index (κ1) is 194. The van der Waals surface area contributed by atoms with E-state index in [1.54, 1.807) is 24.3 Å². The Hall–Kier alpha value is -5.02. The van der Waals surface area contributed by atoms with Gasteiger partial charge in [-0.05, 0) is 71.8 Å². The number of hydrogen-bond donors (Lipinski definition) is 9. The summed E-state index contributed by atoms with van der Waals surface area (Å²) in [5.74, 6) is 0. The van der Waals surface area contributed by atoms with Crippen LogP contribution in [-0.4, -0.2) is 157 Å². The van der Waals surface area contributed by atoms with E-state index >= 15 is 0 Å². The fraction of sp³-hybridized carbons (Fsp3) is 0.540. The van der Waals surface area contributed by atoms with E-state index in [1.165, 1.54) is 41.0 Å². The molecule has 6 aromatic carbocycles. The van der Waals surface area contributed by atoms with Crippen molar-refractivity contribution in [3.05, 3.63) is 242 Å². The van der Waals surface area contributed by atoms with Gasteiger partial charge in [-0.15, -0.1) is 12.1 Å². The van der Waals surface area contributed by atoms with Gasteiger partial charge in [0.25, 0.3) is 20.2 Å². The van der Waals surface area contributed by atoms with E-state index in [9.17, 15) is 16.8 Å². The van der Waals surface area contributed by atoms with Gasteiger partial charge in [0, 0.05) is 70.1 Å². The van der Waals surface area contributed by atoms with Crippen molar-refractivity contribution in [1.82, 2.24) is 0 Å². The zero-order valence-corrected chi connectivity index (χ0v) is 91.7. The number of aryl methyl sites for hydroxylation is 2. The Morgan fingerprint density at radius 2 is 0.545 bits per heavy atom. The van der Waals surface area contributed by atoms with E-state index in [4.69, 9.17) is 50.4 Å². The molecule has 0 aliphatic carbocycles. The summed E-state index contributed by atoms with van der Waals surface area (Å²) in [5.41, 5.74) is 7.95. The standard InChI is InChI=1S/C11H15O.C10H10.2C8H10O3S.2C8H8.C7H17OSi.16C2H6.8CH4O.2Li/c12-10-6-2-5-9-11-7-3-1-4-8-11;1-3-9-5-7-10(4-2)8-6-9;2*1-7-3-5-8(6-4-7)12(9,10)11-2;2*1-2-8-6-4-3-5-7-8;1-5-6-8-9-7(2,3)4;24*1-2;;/h1,3-4,7-9,12H,2,5-6,10H2;3-8H,1-2H2;2*3-6H,1-2H3;2*2-7H,1H2;1,5-6,9H2,2-4H3;16*1-2H3;8*2H,1H3;;/q-1;;;;;;-1;;;;;;;;;;;;;;;;;;;;;;;;;2*+1. The third-order valence-electron chi connectivity index (χ3n) is 9.15. The molecule has 0 unspecified atom stereocenters. The van der Waals surface area contributed by atoms with E-state index in [-0.39, 0.29) is 57.3 Å². The molecule has 0 amide bonds. The molecule has 121 heavy (non-hydrogen) atoms. The zero-order chi connectivity index (χ0) is 101. The summed E-state index contributed by atoms with van der Waals surface area (Å²) in [6.07, 6.45) is 13.5. The molecule has 0 fully saturated rings. The van der Waals surface area contributed by atoms with Gasteiger partial charge in [0.1, 0.15) is 0 Å². The van der Waals surface area contributed by atoms with Crippen LogP contribution >= 0.6 is 0 Å². The molecule has 720 valence electrons. The Balaban J connectivity index is -0.0000000314. The quantitative estimate of drug-likeness (QED) is 0.0188. The minimum atomic E-state index is -3.51. The fourth-order valence-electron chi connectivity index (χ4n) is 5.14. The first-order valence-corrected chi connectivity index (χ1v) is 46.8. The van der Waals surface area contributed by atoms with Crippen LogP contribution in [0.5, 0.6) is 0 Å². The summed E-state index contributed by atoms with van der Waals surface area (Å²) in [6, 6.07) is 51.4. The van der Waals surface area contributed by atoms with E-state index in [0.717, 1.165) is 126 Å². The van der Waals surface area contributed by atoms with Gasteiger partial charge in [0.15, 0.2) is 9.76 Å². The van der Waals surface area contributed by atoms with Crippen LogP contribution in [0, 0.1) is 27.2 Å². The molecule has 9 N–H and O–H groups in total. The number of rotatable bonds is 16.